The van der Waals surface area contributed by atoms with E-state index in [1.807, 2.05) is 12.1 Å². The number of sulfone groups is 1. The Morgan fingerprint density at radius 3 is 2.35 bits per heavy atom. The maximum absolute atomic E-state index is 12.6. The summed E-state index contributed by atoms with van der Waals surface area (Å²) in [5, 5.41) is 2.94. The molecule has 3 aromatic rings. The van der Waals surface area contributed by atoms with Crippen molar-refractivity contribution in [3.63, 3.8) is 0 Å². The van der Waals surface area contributed by atoms with Crippen LogP contribution in [-0.2, 0) is 15.6 Å². The van der Waals surface area contributed by atoms with E-state index >= 15 is 0 Å². The largest absolute Gasteiger partial charge is 0.370 e. The van der Waals surface area contributed by atoms with Gasteiger partial charge in [-0.05, 0) is 55.3 Å². The van der Waals surface area contributed by atoms with Gasteiger partial charge in [0.25, 0.3) is 5.91 Å². The lowest BCUT2D eigenvalue weighted by Crippen LogP contribution is -2.35. The molecule has 31 heavy (non-hydrogen) atoms. The summed E-state index contributed by atoms with van der Waals surface area (Å²) in [6.45, 7) is 6.19. The lowest BCUT2D eigenvalue weighted by Gasteiger charge is -2.25. The van der Waals surface area contributed by atoms with E-state index in [0.29, 0.717) is 24.2 Å². The number of nitrogens with one attached hydrogen (secondary N) is 1. The summed E-state index contributed by atoms with van der Waals surface area (Å²) in [6.07, 6.45) is 0. The molecule has 6 heteroatoms. The number of benzene rings is 3. The highest BCUT2D eigenvalue weighted by Crippen LogP contribution is 2.19. The van der Waals surface area contributed by atoms with E-state index in [1.165, 1.54) is 5.56 Å². The third-order valence-corrected chi connectivity index (χ3v) is 6.86. The number of nitrogens with zero attached hydrogens (tertiary/aromatic N) is 1. The van der Waals surface area contributed by atoms with Gasteiger partial charge >= 0.3 is 0 Å². The van der Waals surface area contributed by atoms with Crippen molar-refractivity contribution in [3.05, 3.63) is 95.6 Å². The number of amides is 1. The first-order valence-electron chi connectivity index (χ1n) is 10.4. The molecule has 0 saturated carbocycles. The number of carbonyl (C=O) groups excluding carboxylic acids is 1. The molecule has 3 rings (SSSR count). The van der Waals surface area contributed by atoms with Crippen LogP contribution in [0.2, 0.25) is 0 Å². The third kappa shape index (κ3) is 5.95. The second kappa shape index (κ2) is 10.3. The molecule has 0 fully saturated rings. The quantitative estimate of drug-likeness (QED) is 0.545. The second-order valence-corrected chi connectivity index (χ2v) is 9.38. The van der Waals surface area contributed by atoms with E-state index in [1.54, 1.807) is 54.6 Å². The van der Waals surface area contributed by atoms with E-state index in [2.05, 4.69) is 36.2 Å². The van der Waals surface area contributed by atoms with Gasteiger partial charge in [-0.25, -0.2) is 8.42 Å². The van der Waals surface area contributed by atoms with E-state index in [-0.39, 0.29) is 16.6 Å². The summed E-state index contributed by atoms with van der Waals surface area (Å²) in [5.41, 5.74) is 3.40. The Bertz CT molecular complexity index is 1130. The van der Waals surface area contributed by atoms with Crippen LogP contribution in [0.15, 0.2) is 83.8 Å². The van der Waals surface area contributed by atoms with Crippen LogP contribution in [0.1, 0.15) is 28.4 Å². The Hall–Kier alpha value is -3.12. The highest BCUT2D eigenvalue weighted by molar-refractivity contribution is 7.90. The van der Waals surface area contributed by atoms with Crippen LogP contribution in [-0.4, -0.2) is 34.0 Å². The molecule has 0 aliphatic heterocycles. The molecule has 0 bridgehead atoms. The van der Waals surface area contributed by atoms with Crippen molar-refractivity contribution in [1.82, 2.24) is 5.32 Å². The molecule has 0 aliphatic carbocycles. The van der Waals surface area contributed by atoms with Gasteiger partial charge in [0.15, 0.2) is 9.84 Å². The fourth-order valence-electron chi connectivity index (χ4n) is 3.51. The Morgan fingerprint density at radius 1 is 0.935 bits per heavy atom. The summed E-state index contributed by atoms with van der Waals surface area (Å²) in [7, 11) is -3.46. The maximum atomic E-state index is 12.6. The molecule has 0 unspecified atom stereocenters. The minimum absolute atomic E-state index is 0.144. The summed E-state index contributed by atoms with van der Waals surface area (Å²) >= 11 is 0. The smallest absolute Gasteiger partial charge is 0.251 e. The van der Waals surface area contributed by atoms with Crippen LogP contribution < -0.4 is 10.2 Å². The normalized spacial score (nSPS) is 11.2. The molecule has 0 radical (unpaired) electrons. The van der Waals surface area contributed by atoms with Gasteiger partial charge in [0.2, 0.25) is 0 Å². The van der Waals surface area contributed by atoms with Gasteiger partial charge in [-0.1, -0.05) is 48.5 Å². The molecule has 1 N–H and O–H groups in total. The van der Waals surface area contributed by atoms with Crippen LogP contribution >= 0.6 is 0 Å². The second-order valence-electron chi connectivity index (χ2n) is 7.39. The topological polar surface area (TPSA) is 66.5 Å². The van der Waals surface area contributed by atoms with Gasteiger partial charge < -0.3 is 10.2 Å². The molecule has 0 aromatic heterocycles. The standard InChI is InChI=1S/C25H28N2O3S/c1-3-27(24-15-8-7-10-20(24)2)17-16-26-25(28)22-12-9-11-21(18-22)19-31(29,30)23-13-5-4-6-14-23/h4-15,18H,3,16-17,19H2,1-2H3,(H,26,28). The van der Waals surface area contributed by atoms with Crippen molar-refractivity contribution in [2.75, 3.05) is 24.5 Å². The van der Waals surface area contributed by atoms with Crippen LogP contribution in [0.5, 0.6) is 0 Å². The summed E-state index contributed by atoms with van der Waals surface area (Å²) in [5.74, 6) is -0.352. The highest BCUT2D eigenvalue weighted by atomic mass is 32.2. The lowest BCUT2D eigenvalue weighted by molar-refractivity contribution is 0.0954. The number of hydrogen-bond acceptors (Lipinski definition) is 4. The van der Waals surface area contributed by atoms with Crippen LogP contribution in [0.3, 0.4) is 0 Å². The van der Waals surface area contributed by atoms with Crippen molar-refractivity contribution in [1.29, 1.82) is 0 Å². The Balaban J connectivity index is 1.62. The fourth-order valence-corrected chi connectivity index (χ4v) is 4.86. The average Bonchev–Trinajstić information content (AvgIpc) is 2.78. The molecule has 0 heterocycles. The first-order chi connectivity index (χ1) is 14.9. The number of para-hydroxylation sites is 1. The number of likely N-dealkylation sites (N-methyl/N-ethyl adjacent to an activating group) is 1. The molecule has 5 nitrogen and oxygen atoms in total. The van der Waals surface area contributed by atoms with E-state index in [4.69, 9.17) is 0 Å². The molecule has 0 aliphatic rings. The number of rotatable bonds is 9. The van der Waals surface area contributed by atoms with Crippen LogP contribution in [0, 0.1) is 6.92 Å². The van der Waals surface area contributed by atoms with Gasteiger partial charge in [0.05, 0.1) is 10.6 Å². The van der Waals surface area contributed by atoms with E-state index in [9.17, 15) is 13.2 Å². The summed E-state index contributed by atoms with van der Waals surface area (Å²) in [4.78, 5) is 15.1. The molecule has 3 aromatic carbocycles. The van der Waals surface area contributed by atoms with E-state index in [0.717, 1.165) is 12.2 Å². The molecule has 0 atom stereocenters. The zero-order chi connectivity index (χ0) is 22.3. The predicted octanol–water partition coefficient (Wildman–Crippen LogP) is 4.23. The number of carbonyl (C=O) groups is 1. The van der Waals surface area contributed by atoms with Crippen LogP contribution in [0.25, 0.3) is 0 Å². The van der Waals surface area contributed by atoms with Crippen molar-refractivity contribution in [2.24, 2.45) is 0 Å². The van der Waals surface area contributed by atoms with Crippen molar-refractivity contribution in [3.8, 4) is 0 Å². The Kier molecular flexibility index (Phi) is 7.47. The minimum Gasteiger partial charge on any atom is -0.370 e. The zero-order valence-corrected chi connectivity index (χ0v) is 18.7. The summed E-state index contributed by atoms with van der Waals surface area (Å²) in [6, 6.07) is 23.3. The lowest BCUT2D eigenvalue weighted by atomic mass is 10.1. The Morgan fingerprint density at radius 2 is 1.65 bits per heavy atom. The molecule has 1 amide bonds. The first kappa shape index (κ1) is 22.6. The monoisotopic (exact) mass is 436 g/mol. The van der Waals surface area contributed by atoms with Crippen molar-refractivity contribution >= 4 is 21.4 Å². The molecule has 162 valence electrons. The third-order valence-electron chi connectivity index (χ3n) is 5.15. The maximum Gasteiger partial charge on any atom is 0.251 e. The summed E-state index contributed by atoms with van der Waals surface area (Å²) < 4.78 is 25.2. The predicted molar refractivity (Wildman–Crippen MR) is 125 cm³/mol. The van der Waals surface area contributed by atoms with Gasteiger partial charge in [0.1, 0.15) is 0 Å². The SMILES string of the molecule is CCN(CCNC(=O)c1cccc(CS(=O)(=O)c2ccccc2)c1)c1ccccc1C. The number of hydrogen-bond donors (Lipinski definition) is 1. The number of aryl methyl sites for hydroxylation is 1. The zero-order valence-electron chi connectivity index (χ0n) is 17.9. The molecular weight excluding hydrogens is 408 g/mol. The van der Waals surface area contributed by atoms with Gasteiger partial charge in [-0.15, -0.1) is 0 Å². The average molecular weight is 437 g/mol. The van der Waals surface area contributed by atoms with E-state index < -0.39 is 9.84 Å². The van der Waals surface area contributed by atoms with Gasteiger partial charge in [-0.3, -0.25) is 4.79 Å². The molecule has 0 spiro atoms. The Labute approximate surface area is 184 Å². The highest BCUT2D eigenvalue weighted by Gasteiger charge is 2.16. The fraction of sp³-hybridized carbons (Fsp3) is 0.240. The van der Waals surface area contributed by atoms with Gasteiger partial charge in [0, 0.05) is 30.9 Å². The van der Waals surface area contributed by atoms with Gasteiger partial charge in [-0.2, -0.15) is 0 Å². The van der Waals surface area contributed by atoms with Crippen LogP contribution in [0.4, 0.5) is 5.69 Å². The minimum atomic E-state index is -3.46. The molecule has 0 saturated heterocycles. The first-order valence-corrected chi connectivity index (χ1v) is 12.0. The molecular formula is C25H28N2O3S. The number of anilines is 1. The van der Waals surface area contributed by atoms with Crippen molar-refractivity contribution in [2.45, 2.75) is 24.5 Å². The van der Waals surface area contributed by atoms with Crippen molar-refractivity contribution < 1.29 is 13.2 Å².